The first-order valence-corrected chi connectivity index (χ1v) is 5.35. The van der Waals surface area contributed by atoms with E-state index in [0.29, 0.717) is 0 Å². The molecule has 0 atom stereocenters. The Morgan fingerprint density at radius 1 is 1.00 bits per heavy atom. The molecule has 0 fully saturated rings. The van der Waals surface area contributed by atoms with Crippen LogP contribution in [0.15, 0.2) is 36.4 Å². The number of hydrogen-bond acceptors (Lipinski definition) is 2. The SMILES string of the molecule is Cc1ccc(-c2ccc(CO)cc2)c(C)n1. The fraction of sp³-hybridized carbons (Fsp3) is 0.214. The molecule has 2 heteroatoms. The summed E-state index contributed by atoms with van der Waals surface area (Å²) in [6.07, 6.45) is 0. The highest BCUT2D eigenvalue weighted by atomic mass is 16.3. The molecule has 0 saturated heterocycles. The molecule has 1 N–H and O–H groups in total. The molecule has 1 aromatic heterocycles. The minimum Gasteiger partial charge on any atom is -0.392 e. The number of nitrogens with zero attached hydrogens (tertiary/aromatic N) is 1. The molecule has 0 bridgehead atoms. The van der Waals surface area contributed by atoms with Gasteiger partial charge in [0.1, 0.15) is 0 Å². The second-order valence-electron chi connectivity index (χ2n) is 3.94. The van der Waals surface area contributed by atoms with Crippen LogP contribution >= 0.6 is 0 Å². The second kappa shape index (κ2) is 4.45. The number of benzene rings is 1. The molecule has 2 aromatic rings. The average molecular weight is 213 g/mol. The van der Waals surface area contributed by atoms with E-state index >= 15 is 0 Å². The number of aliphatic hydroxyl groups excluding tert-OH is 1. The maximum absolute atomic E-state index is 8.98. The predicted molar refractivity (Wildman–Crippen MR) is 65.1 cm³/mol. The summed E-state index contributed by atoms with van der Waals surface area (Å²) in [4.78, 5) is 4.44. The van der Waals surface area contributed by atoms with Crippen LogP contribution in [-0.4, -0.2) is 10.1 Å². The molecule has 0 radical (unpaired) electrons. The maximum atomic E-state index is 8.98. The van der Waals surface area contributed by atoms with Crippen molar-refractivity contribution >= 4 is 0 Å². The zero-order valence-corrected chi connectivity index (χ0v) is 9.57. The van der Waals surface area contributed by atoms with E-state index in [2.05, 4.69) is 11.1 Å². The third kappa shape index (κ3) is 2.12. The summed E-state index contributed by atoms with van der Waals surface area (Å²) in [6, 6.07) is 12.0. The standard InChI is InChI=1S/C14H15NO/c1-10-3-8-14(11(2)15-10)13-6-4-12(9-16)5-7-13/h3-8,16H,9H2,1-2H3. The fourth-order valence-corrected chi connectivity index (χ4v) is 1.78. The first-order chi connectivity index (χ1) is 7.70. The van der Waals surface area contributed by atoms with Crippen molar-refractivity contribution in [3.8, 4) is 11.1 Å². The number of rotatable bonds is 2. The predicted octanol–water partition coefficient (Wildman–Crippen LogP) is 2.86. The van der Waals surface area contributed by atoms with E-state index in [1.807, 2.05) is 44.2 Å². The number of aromatic nitrogens is 1. The summed E-state index contributed by atoms with van der Waals surface area (Å²) in [5.41, 5.74) is 5.30. The molecule has 16 heavy (non-hydrogen) atoms. The Morgan fingerprint density at radius 3 is 2.25 bits per heavy atom. The average Bonchev–Trinajstić information content (AvgIpc) is 2.29. The Kier molecular flexibility index (Phi) is 3.02. The number of pyridine rings is 1. The molecule has 2 nitrogen and oxygen atoms in total. The highest BCUT2D eigenvalue weighted by Crippen LogP contribution is 2.22. The number of hydrogen-bond donors (Lipinski definition) is 1. The Bertz CT molecular complexity index is 489. The summed E-state index contributed by atoms with van der Waals surface area (Å²) in [5, 5.41) is 8.98. The van der Waals surface area contributed by atoms with Gasteiger partial charge in [0.15, 0.2) is 0 Å². The minimum absolute atomic E-state index is 0.0887. The van der Waals surface area contributed by atoms with E-state index in [9.17, 15) is 0 Å². The molecule has 0 aliphatic carbocycles. The van der Waals surface area contributed by atoms with Crippen LogP contribution in [0.2, 0.25) is 0 Å². The monoisotopic (exact) mass is 213 g/mol. The topological polar surface area (TPSA) is 33.1 Å². The van der Waals surface area contributed by atoms with Gasteiger partial charge in [0.2, 0.25) is 0 Å². The van der Waals surface area contributed by atoms with Crippen LogP contribution in [0.4, 0.5) is 0 Å². The molecule has 0 spiro atoms. The molecule has 0 unspecified atom stereocenters. The van der Waals surface area contributed by atoms with Crippen LogP contribution in [-0.2, 0) is 6.61 Å². The van der Waals surface area contributed by atoms with Crippen LogP contribution in [0.1, 0.15) is 17.0 Å². The van der Waals surface area contributed by atoms with Crippen LogP contribution in [0, 0.1) is 13.8 Å². The van der Waals surface area contributed by atoms with Crippen molar-refractivity contribution < 1.29 is 5.11 Å². The van der Waals surface area contributed by atoms with Gasteiger partial charge in [-0.15, -0.1) is 0 Å². The van der Waals surface area contributed by atoms with Crippen molar-refractivity contribution in [3.05, 3.63) is 53.3 Å². The summed E-state index contributed by atoms with van der Waals surface area (Å²) in [7, 11) is 0. The van der Waals surface area contributed by atoms with Crippen molar-refractivity contribution in [1.82, 2.24) is 4.98 Å². The minimum atomic E-state index is 0.0887. The zero-order valence-electron chi connectivity index (χ0n) is 9.57. The zero-order chi connectivity index (χ0) is 11.5. The highest BCUT2D eigenvalue weighted by molar-refractivity contribution is 5.65. The maximum Gasteiger partial charge on any atom is 0.0681 e. The third-order valence-electron chi connectivity index (χ3n) is 2.67. The Labute approximate surface area is 95.6 Å². The quantitative estimate of drug-likeness (QED) is 0.832. The molecule has 0 saturated carbocycles. The normalized spacial score (nSPS) is 10.4. The van der Waals surface area contributed by atoms with Crippen molar-refractivity contribution in [2.45, 2.75) is 20.5 Å². The lowest BCUT2D eigenvalue weighted by Gasteiger charge is -2.06. The lowest BCUT2D eigenvalue weighted by Crippen LogP contribution is -1.90. The van der Waals surface area contributed by atoms with Gasteiger partial charge in [0.05, 0.1) is 6.61 Å². The van der Waals surface area contributed by atoms with E-state index in [0.717, 1.165) is 28.1 Å². The highest BCUT2D eigenvalue weighted by Gasteiger charge is 2.02. The first-order valence-electron chi connectivity index (χ1n) is 5.35. The Balaban J connectivity index is 2.42. The van der Waals surface area contributed by atoms with E-state index in [1.54, 1.807) is 0 Å². The largest absolute Gasteiger partial charge is 0.392 e. The summed E-state index contributed by atoms with van der Waals surface area (Å²) < 4.78 is 0. The molecule has 82 valence electrons. The molecule has 1 aromatic carbocycles. The van der Waals surface area contributed by atoms with Crippen LogP contribution < -0.4 is 0 Å². The summed E-state index contributed by atoms with van der Waals surface area (Å²) >= 11 is 0. The van der Waals surface area contributed by atoms with Crippen molar-refractivity contribution in [1.29, 1.82) is 0 Å². The van der Waals surface area contributed by atoms with Gasteiger partial charge in [-0.25, -0.2) is 0 Å². The smallest absolute Gasteiger partial charge is 0.0681 e. The van der Waals surface area contributed by atoms with Gasteiger partial charge in [-0.3, -0.25) is 4.98 Å². The summed E-state index contributed by atoms with van der Waals surface area (Å²) in [5.74, 6) is 0. The Morgan fingerprint density at radius 2 is 1.69 bits per heavy atom. The molecule has 0 aliphatic rings. The molecule has 1 heterocycles. The van der Waals surface area contributed by atoms with Gasteiger partial charge in [-0.05, 0) is 31.0 Å². The number of aryl methyl sites for hydroxylation is 2. The van der Waals surface area contributed by atoms with Crippen LogP contribution in [0.25, 0.3) is 11.1 Å². The molecular formula is C14H15NO. The second-order valence-corrected chi connectivity index (χ2v) is 3.94. The van der Waals surface area contributed by atoms with E-state index in [1.165, 1.54) is 0 Å². The Hall–Kier alpha value is -1.67. The summed E-state index contributed by atoms with van der Waals surface area (Å²) in [6.45, 7) is 4.10. The first kappa shape index (κ1) is 10.8. The van der Waals surface area contributed by atoms with E-state index in [4.69, 9.17) is 5.11 Å². The molecule has 2 rings (SSSR count). The molecule has 0 aliphatic heterocycles. The van der Waals surface area contributed by atoms with Gasteiger partial charge in [0, 0.05) is 17.0 Å². The van der Waals surface area contributed by atoms with Crippen molar-refractivity contribution in [3.63, 3.8) is 0 Å². The number of aliphatic hydroxyl groups is 1. The fourth-order valence-electron chi connectivity index (χ4n) is 1.78. The van der Waals surface area contributed by atoms with Crippen LogP contribution in [0.5, 0.6) is 0 Å². The van der Waals surface area contributed by atoms with Gasteiger partial charge in [-0.1, -0.05) is 30.3 Å². The van der Waals surface area contributed by atoms with Gasteiger partial charge in [0.25, 0.3) is 0 Å². The van der Waals surface area contributed by atoms with Crippen molar-refractivity contribution in [2.24, 2.45) is 0 Å². The molecular weight excluding hydrogens is 198 g/mol. The molecule has 0 amide bonds. The lowest BCUT2D eigenvalue weighted by molar-refractivity contribution is 0.282. The van der Waals surface area contributed by atoms with Gasteiger partial charge in [-0.2, -0.15) is 0 Å². The van der Waals surface area contributed by atoms with E-state index < -0.39 is 0 Å². The lowest BCUT2D eigenvalue weighted by atomic mass is 10.0. The van der Waals surface area contributed by atoms with Crippen LogP contribution in [0.3, 0.4) is 0 Å². The van der Waals surface area contributed by atoms with Gasteiger partial charge < -0.3 is 5.11 Å². The third-order valence-corrected chi connectivity index (χ3v) is 2.67. The van der Waals surface area contributed by atoms with Crippen molar-refractivity contribution in [2.75, 3.05) is 0 Å². The van der Waals surface area contributed by atoms with Gasteiger partial charge >= 0.3 is 0 Å². The van der Waals surface area contributed by atoms with E-state index in [-0.39, 0.29) is 6.61 Å².